The number of aliphatic carboxylic acids is 1. The summed E-state index contributed by atoms with van der Waals surface area (Å²) >= 11 is 1.60. The van der Waals surface area contributed by atoms with Crippen molar-refractivity contribution in [3.05, 3.63) is 0 Å². The zero-order chi connectivity index (χ0) is 12.7. The fourth-order valence-electron chi connectivity index (χ4n) is 1.78. The first-order chi connectivity index (χ1) is 8.10. The molecule has 0 spiro atoms. The highest BCUT2D eigenvalue weighted by atomic mass is 32.2. The van der Waals surface area contributed by atoms with Crippen molar-refractivity contribution >= 4 is 23.6 Å². The van der Waals surface area contributed by atoms with Gasteiger partial charge in [-0.25, -0.2) is 0 Å². The minimum absolute atomic E-state index is 0.0773. The maximum atomic E-state index is 11.5. The summed E-state index contributed by atoms with van der Waals surface area (Å²) in [5, 5.41) is 12.0. The van der Waals surface area contributed by atoms with Crippen LogP contribution in [0.4, 0.5) is 0 Å². The maximum Gasteiger partial charge on any atom is 0.311 e. The van der Waals surface area contributed by atoms with Crippen LogP contribution in [0.3, 0.4) is 0 Å². The van der Waals surface area contributed by atoms with Crippen molar-refractivity contribution in [3.8, 4) is 0 Å². The molecule has 6 heteroatoms. The largest absolute Gasteiger partial charge is 0.481 e. The second-order valence-corrected chi connectivity index (χ2v) is 5.20. The van der Waals surface area contributed by atoms with Gasteiger partial charge in [-0.2, -0.15) is 11.8 Å². The highest BCUT2D eigenvalue weighted by molar-refractivity contribution is 7.98. The molecule has 1 saturated heterocycles. The normalized spacial score (nSPS) is 18.6. The topological polar surface area (TPSA) is 75.6 Å². The molecule has 1 heterocycles. The van der Waals surface area contributed by atoms with Crippen LogP contribution in [0.5, 0.6) is 0 Å². The Morgan fingerprint density at radius 2 is 2.06 bits per heavy atom. The van der Waals surface area contributed by atoms with Gasteiger partial charge in [0.05, 0.1) is 5.41 Å². The Morgan fingerprint density at radius 1 is 1.41 bits per heavy atom. The molecule has 1 rings (SSSR count). The Morgan fingerprint density at radius 3 is 2.59 bits per heavy atom. The zero-order valence-corrected chi connectivity index (χ0v) is 10.8. The fraction of sp³-hybridized carbons (Fsp3) is 0.818. The standard InChI is InChI=1S/C11H19NO4S/c1-17-7-2-9(13)12-8-11(10(14)15)3-5-16-6-4-11/h2-8H2,1H3,(H,12,13)(H,14,15). The molecular formula is C11H19NO4S. The third kappa shape index (κ3) is 4.20. The predicted octanol–water partition coefficient (Wildman–Crippen LogP) is 0.737. The molecule has 1 aliphatic heterocycles. The number of ether oxygens (including phenoxy) is 1. The van der Waals surface area contributed by atoms with E-state index in [9.17, 15) is 14.7 Å². The van der Waals surface area contributed by atoms with Crippen LogP contribution in [0.15, 0.2) is 0 Å². The number of carboxylic acids is 1. The van der Waals surface area contributed by atoms with E-state index in [2.05, 4.69) is 5.32 Å². The number of nitrogens with one attached hydrogen (secondary N) is 1. The molecule has 1 aliphatic rings. The molecule has 98 valence electrons. The molecule has 0 bridgehead atoms. The van der Waals surface area contributed by atoms with Crippen LogP contribution in [0.1, 0.15) is 19.3 Å². The predicted molar refractivity (Wildman–Crippen MR) is 66.1 cm³/mol. The molecule has 0 aliphatic carbocycles. The van der Waals surface area contributed by atoms with Crippen LogP contribution in [0, 0.1) is 5.41 Å². The molecule has 0 aromatic rings. The van der Waals surface area contributed by atoms with E-state index in [4.69, 9.17) is 4.74 Å². The Kier molecular flexibility index (Phi) is 5.77. The Hall–Kier alpha value is -0.750. The van der Waals surface area contributed by atoms with E-state index in [1.807, 2.05) is 6.26 Å². The van der Waals surface area contributed by atoms with Gasteiger partial charge in [-0.05, 0) is 19.1 Å². The minimum Gasteiger partial charge on any atom is -0.481 e. The molecule has 17 heavy (non-hydrogen) atoms. The third-order valence-corrected chi connectivity index (χ3v) is 3.67. The number of carbonyl (C=O) groups excluding carboxylic acids is 1. The molecular weight excluding hydrogens is 242 g/mol. The summed E-state index contributed by atoms with van der Waals surface area (Å²) in [5.74, 6) is -0.160. The van der Waals surface area contributed by atoms with Crippen LogP contribution < -0.4 is 5.32 Å². The average molecular weight is 261 g/mol. The summed E-state index contributed by atoms with van der Waals surface area (Å²) in [4.78, 5) is 22.8. The molecule has 0 aromatic heterocycles. The van der Waals surface area contributed by atoms with Gasteiger partial charge in [0, 0.05) is 31.9 Å². The Labute approximate surface area is 105 Å². The number of hydrogen-bond acceptors (Lipinski definition) is 4. The van der Waals surface area contributed by atoms with Crippen molar-refractivity contribution in [1.82, 2.24) is 5.32 Å². The second-order valence-electron chi connectivity index (χ2n) is 4.22. The van der Waals surface area contributed by atoms with Crippen molar-refractivity contribution in [2.24, 2.45) is 5.41 Å². The van der Waals surface area contributed by atoms with E-state index in [0.717, 1.165) is 5.75 Å². The van der Waals surface area contributed by atoms with Gasteiger partial charge in [0.1, 0.15) is 0 Å². The summed E-state index contributed by atoms with van der Waals surface area (Å²) in [6.45, 7) is 1.11. The van der Waals surface area contributed by atoms with Crippen molar-refractivity contribution in [1.29, 1.82) is 0 Å². The number of carbonyl (C=O) groups is 2. The lowest BCUT2D eigenvalue weighted by Gasteiger charge is -2.33. The second kappa shape index (κ2) is 6.86. The summed E-state index contributed by atoms with van der Waals surface area (Å²) in [5.41, 5.74) is -0.840. The molecule has 2 N–H and O–H groups in total. The molecule has 0 saturated carbocycles. The number of thioether (sulfide) groups is 1. The van der Waals surface area contributed by atoms with Gasteiger partial charge in [0.15, 0.2) is 0 Å². The summed E-state index contributed by atoms with van der Waals surface area (Å²) in [6.07, 6.45) is 3.30. The third-order valence-electron chi connectivity index (χ3n) is 3.06. The molecule has 0 unspecified atom stereocenters. The van der Waals surface area contributed by atoms with Crippen molar-refractivity contribution in [3.63, 3.8) is 0 Å². The van der Waals surface area contributed by atoms with Gasteiger partial charge in [0.2, 0.25) is 5.91 Å². The van der Waals surface area contributed by atoms with Crippen molar-refractivity contribution < 1.29 is 19.4 Å². The highest BCUT2D eigenvalue weighted by Crippen LogP contribution is 2.30. The first kappa shape index (κ1) is 14.3. The molecule has 0 atom stereocenters. The van der Waals surface area contributed by atoms with Crippen LogP contribution in [-0.2, 0) is 14.3 Å². The fourth-order valence-corrected chi connectivity index (χ4v) is 2.17. The SMILES string of the molecule is CSCCC(=O)NCC1(C(=O)O)CCOCC1. The van der Waals surface area contributed by atoms with Crippen molar-refractivity contribution in [2.45, 2.75) is 19.3 Å². The highest BCUT2D eigenvalue weighted by Gasteiger charge is 2.40. The van der Waals surface area contributed by atoms with E-state index < -0.39 is 11.4 Å². The summed E-state index contributed by atoms with van der Waals surface area (Å²) < 4.78 is 5.17. The zero-order valence-electron chi connectivity index (χ0n) is 10.0. The van der Waals surface area contributed by atoms with Crippen LogP contribution in [-0.4, -0.2) is 48.8 Å². The van der Waals surface area contributed by atoms with Gasteiger partial charge >= 0.3 is 5.97 Å². The summed E-state index contributed by atoms with van der Waals surface area (Å²) in [6, 6.07) is 0. The Bertz CT molecular complexity index is 277. The van der Waals surface area contributed by atoms with E-state index >= 15 is 0 Å². The molecule has 0 aromatic carbocycles. The van der Waals surface area contributed by atoms with E-state index in [-0.39, 0.29) is 12.5 Å². The summed E-state index contributed by atoms with van der Waals surface area (Å²) in [7, 11) is 0. The van der Waals surface area contributed by atoms with Crippen LogP contribution in [0.25, 0.3) is 0 Å². The lowest BCUT2D eigenvalue weighted by atomic mass is 9.80. The molecule has 1 amide bonds. The van der Waals surface area contributed by atoms with Gasteiger partial charge in [-0.3, -0.25) is 9.59 Å². The average Bonchev–Trinajstić information content (AvgIpc) is 2.34. The van der Waals surface area contributed by atoms with Crippen LogP contribution >= 0.6 is 11.8 Å². The van der Waals surface area contributed by atoms with Gasteiger partial charge in [-0.1, -0.05) is 0 Å². The molecule has 1 fully saturated rings. The minimum atomic E-state index is -0.842. The number of amides is 1. The number of carboxylic acid groups (broad SMARTS) is 1. The molecule has 5 nitrogen and oxygen atoms in total. The van der Waals surface area contributed by atoms with Gasteiger partial charge in [0.25, 0.3) is 0 Å². The first-order valence-electron chi connectivity index (χ1n) is 5.67. The lowest BCUT2D eigenvalue weighted by Crippen LogP contribution is -2.46. The van der Waals surface area contributed by atoms with E-state index in [1.54, 1.807) is 11.8 Å². The van der Waals surface area contributed by atoms with Crippen LogP contribution in [0.2, 0.25) is 0 Å². The van der Waals surface area contributed by atoms with Gasteiger partial charge in [-0.15, -0.1) is 0 Å². The Balaban J connectivity index is 2.44. The van der Waals surface area contributed by atoms with E-state index in [0.29, 0.717) is 32.5 Å². The number of rotatable bonds is 6. The number of hydrogen-bond donors (Lipinski definition) is 2. The molecule has 0 radical (unpaired) electrons. The maximum absolute atomic E-state index is 11.5. The quantitative estimate of drug-likeness (QED) is 0.737. The lowest BCUT2D eigenvalue weighted by molar-refractivity contribution is -0.154. The van der Waals surface area contributed by atoms with Crippen molar-refractivity contribution in [2.75, 3.05) is 31.8 Å². The van der Waals surface area contributed by atoms with Gasteiger partial charge < -0.3 is 15.2 Å². The first-order valence-corrected chi connectivity index (χ1v) is 7.07. The monoisotopic (exact) mass is 261 g/mol. The smallest absolute Gasteiger partial charge is 0.311 e. The van der Waals surface area contributed by atoms with E-state index in [1.165, 1.54) is 0 Å².